The summed E-state index contributed by atoms with van der Waals surface area (Å²) < 4.78 is 0. The summed E-state index contributed by atoms with van der Waals surface area (Å²) >= 11 is 11.7. The van der Waals surface area contributed by atoms with E-state index in [4.69, 9.17) is 23.2 Å². The predicted molar refractivity (Wildman–Crippen MR) is 54.1 cm³/mol. The number of nitrogens with two attached hydrogens (primary N) is 1. The van der Waals surface area contributed by atoms with Gasteiger partial charge in [0.25, 0.3) is 0 Å². The normalized spacial score (nSPS) is 13.7. The van der Waals surface area contributed by atoms with Gasteiger partial charge in [-0.3, -0.25) is 5.32 Å². The zero-order chi connectivity index (χ0) is 9.26. The maximum atomic E-state index is 5.87. The van der Waals surface area contributed by atoms with E-state index in [0.29, 0.717) is 10.0 Å². The maximum absolute atomic E-state index is 5.87. The summed E-state index contributed by atoms with van der Waals surface area (Å²) in [5.41, 5.74) is 0.986. The molecule has 0 radical (unpaired) electrons. The van der Waals surface area contributed by atoms with Gasteiger partial charge in [0.2, 0.25) is 5.84 Å². The van der Waals surface area contributed by atoms with E-state index in [1.54, 1.807) is 12.3 Å². The third kappa shape index (κ3) is 2.48. The molecule has 0 saturated heterocycles. The van der Waals surface area contributed by atoms with Gasteiger partial charge in [-0.2, -0.15) is 4.99 Å². The lowest BCUT2D eigenvalue weighted by molar-refractivity contribution is -0.456. The Hall–Kier alpha value is -0.100. The number of hydrogen-bond donors (Lipinski definition) is 1. The molecular weight excluding hydrogens is 334 g/mol. The van der Waals surface area contributed by atoms with Gasteiger partial charge in [0.15, 0.2) is 0 Å². The summed E-state index contributed by atoms with van der Waals surface area (Å²) in [5.74, 6) is 0.915. The van der Waals surface area contributed by atoms with Gasteiger partial charge in [-0.1, -0.05) is 23.2 Å². The number of nitrogens with zero attached hydrogens (tertiary/aromatic N) is 1. The van der Waals surface area contributed by atoms with Crippen LogP contribution >= 0.6 is 23.2 Å². The van der Waals surface area contributed by atoms with Crippen LogP contribution in [0.5, 0.6) is 0 Å². The SMILES string of the molecule is Clc1ccc(C2=NC=C[NH2+]2)cc1Cl.[I-]. The summed E-state index contributed by atoms with van der Waals surface area (Å²) in [6.45, 7) is 0. The molecule has 14 heavy (non-hydrogen) atoms. The van der Waals surface area contributed by atoms with Crippen molar-refractivity contribution in [3.63, 3.8) is 0 Å². The summed E-state index contributed by atoms with van der Waals surface area (Å²) in [6.07, 6.45) is 3.63. The highest BCUT2D eigenvalue weighted by atomic mass is 127. The van der Waals surface area contributed by atoms with Gasteiger partial charge in [-0.05, 0) is 18.2 Å². The molecule has 0 saturated carbocycles. The Labute approximate surface area is 109 Å². The second-order valence-electron chi connectivity index (χ2n) is 2.65. The molecule has 1 aromatic carbocycles. The molecule has 0 atom stereocenters. The van der Waals surface area contributed by atoms with Gasteiger partial charge in [-0.25, -0.2) is 0 Å². The van der Waals surface area contributed by atoms with Crippen molar-refractivity contribution in [2.24, 2.45) is 4.99 Å². The first-order valence-corrected chi connectivity index (χ1v) is 4.56. The Bertz CT molecular complexity index is 402. The Balaban J connectivity index is 0.000000980. The zero-order valence-electron chi connectivity index (χ0n) is 7.05. The van der Waals surface area contributed by atoms with E-state index in [-0.39, 0.29) is 24.0 Å². The van der Waals surface area contributed by atoms with Crippen LogP contribution in [0.25, 0.3) is 0 Å². The zero-order valence-corrected chi connectivity index (χ0v) is 10.7. The summed E-state index contributed by atoms with van der Waals surface area (Å²) in [6, 6.07) is 5.48. The lowest BCUT2D eigenvalue weighted by Gasteiger charge is -1.99. The van der Waals surface area contributed by atoms with Crippen LogP contribution in [0.3, 0.4) is 0 Å². The van der Waals surface area contributed by atoms with E-state index in [9.17, 15) is 0 Å². The Morgan fingerprint density at radius 2 is 1.93 bits per heavy atom. The second-order valence-corrected chi connectivity index (χ2v) is 3.47. The van der Waals surface area contributed by atoms with Crippen LogP contribution in [0.2, 0.25) is 10.0 Å². The number of halogens is 3. The molecule has 1 heterocycles. The van der Waals surface area contributed by atoms with Crippen molar-refractivity contribution >= 4 is 29.0 Å². The van der Waals surface area contributed by atoms with Crippen LogP contribution in [0.1, 0.15) is 5.56 Å². The van der Waals surface area contributed by atoms with E-state index in [2.05, 4.69) is 4.99 Å². The van der Waals surface area contributed by atoms with Gasteiger partial charge >= 0.3 is 0 Å². The molecule has 0 unspecified atom stereocenters. The van der Waals surface area contributed by atoms with E-state index in [0.717, 1.165) is 11.4 Å². The molecule has 5 heteroatoms. The lowest BCUT2D eigenvalue weighted by Crippen LogP contribution is -3.00. The van der Waals surface area contributed by atoms with Crippen molar-refractivity contribution in [1.82, 2.24) is 0 Å². The first kappa shape index (κ1) is 12.0. The number of benzene rings is 1. The third-order valence-corrected chi connectivity index (χ3v) is 2.51. The van der Waals surface area contributed by atoms with E-state index in [1.165, 1.54) is 0 Å². The quantitative estimate of drug-likeness (QED) is 0.622. The molecule has 0 amide bonds. The second kappa shape index (κ2) is 5.11. The summed E-state index contributed by atoms with van der Waals surface area (Å²) in [5, 5.41) is 3.05. The number of amidine groups is 1. The van der Waals surface area contributed by atoms with Crippen molar-refractivity contribution in [1.29, 1.82) is 0 Å². The van der Waals surface area contributed by atoms with Gasteiger partial charge in [0.05, 0.1) is 21.8 Å². The van der Waals surface area contributed by atoms with Crippen LogP contribution in [-0.2, 0) is 0 Å². The lowest BCUT2D eigenvalue weighted by atomic mass is 10.2. The molecule has 74 valence electrons. The largest absolute Gasteiger partial charge is 1.00 e. The highest BCUT2D eigenvalue weighted by Crippen LogP contribution is 2.22. The van der Waals surface area contributed by atoms with Crippen LogP contribution in [0, 0.1) is 0 Å². The van der Waals surface area contributed by atoms with Crippen molar-refractivity contribution in [2.45, 2.75) is 0 Å². The van der Waals surface area contributed by atoms with Gasteiger partial charge in [0.1, 0.15) is 6.20 Å². The molecule has 1 aliphatic heterocycles. The number of quaternary nitrogens is 1. The standard InChI is InChI=1S/C9H6Cl2N2.HI/c10-7-2-1-6(5-8(7)11)9-12-3-4-13-9;/h1-5H,(H,12,13);1H. The Kier molecular flexibility index (Phi) is 4.37. The number of hydrogen-bond acceptors (Lipinski definition) is 1. The molecule has 0 aliphatic carbocycles. The van der Waals surface area contributed by atoms with E-state index >= 15 is 0 Å². The molecule has 1 aromatic rings. The van der Waals surface area contributed by atoms with Gasteiger partial charge in [0, 0.05) is 0 Å². The molecule has 0 bridgehead atoms. The van der Waals surface area contributed by atoms with E-state index < -0.39 is 0 Å². The fraction of sp³-hybridized carbons (Fsp3) is 0. The van der Waals surface area contributed by atoms with Gasteiger partial charge in [-0.15, -0.1) is 0 Å². The minimum absolute atomic E-state index is 0. The predicted octanol–water partition coefficient (Wildman–Crippen LogP) is -1.21. The number of rotatable bonds is 1. The average Bonchev–Trinajstić information content (AvgIpc) is 2.62. The molecule has 1 aliphatic rings. The summed E-state index contributed by atoms with van der Waals surface area (Å²) in [4.78, 5) is 4.16. The highest BCUT2D eigenvalue weighted by Gasteiger charge is 2.10. The molecule has 2 rings (SSSR count). The first-order valence-electron chi connectivity index (χ1n) is 3.80. The highest BCUT2D eigenvalue weighted by molar-refractivity contribution is 6.42. The molecule has 0 fully saturated rings. The minimum atomic E-state index is 0. The van der Waals surface area contributed by atoms with E-state index in [1.807, 2.05) is 23.6 Å². The smallest absolute Gasteiger partial charge is 0.236 e. The van der Waals surface area contributed by atoms with Crippen LogP contribution in [-0.4, -0.2) is 5.84 Å². The number of aliphatic imine (C=N–C) groups is 1. The fourth-order valence-electron chi connectivity index (χ4n) is 1.13. The van der Waals surface area contributed by atoms with Gasteiger partial charge < -0.3 is 24.0 Å². The van der Waals surface area contributed by atoms with Crippen molar-refractivity contribution in [2.75, 3.05) is 0 Å². The van der Waals surface area contributed by atoms with Crippen molar-refractivity contribution in [3.8, 4) is 0 Å². The van der Waals surface area contributed by atoms with Crippen LogP contribution in [0.15, 0.2) is 35.6 Å². The third-order valence-electron chi connectivity index (χ3n) is 1.77. The van der Waals surface area contributed by atoms with Crippen LogP contribution < -0.4 is 29.3 Å². The molecule has 2 nitrogen and oxygen atoms in total. The van der Waals surface area contributed by atoms with Crippen molar-refractivity contribution in [3.05, 3.63) is 46.2 Å². The van der Waals surface area contributed by atoms with Crippen molar-refractivity contribution < 1.29 is 29.3 Å². The van der Waals surface area contributed by atoms with Crippen LogP contribution in [0.4, 0.5) is 0 Å². The Morgan fingerprint density at radius 3 is 2.50 bits per heavy atom. The molecule has 2 N–H and O–H groups in total. The monoisotopic (exact) mass is 340 g/mol. The molecule has 0 aromatic heterocycles. The minimum Gasteiger partial charge on any atom is -1.00 e. The topological polar surface area (TPSA) is 29.0 Å². The maximum Gasteiger partial charge on any atom is 0.236 e. The summed E-state index contributed by atoms with van der Waals surface area (Å²) in [7, 11) is 0. The average molecular weight is 341 g/mol. The molecule has 0 spiro atoms. The fourth-order valence-corrected chi connectivity index (χ4v) is 1.42. The first-order chi connectivity index (χ1) is 6.27. The molecular formula is C9H7Cl2IN2. The Morgan fingerprint density at radius 1 is 1.14 bits per heavy atom.